The van der Waals surface area contributed by atoms with E-state index < -0.39 is 41.6 Å². The number of para-hydroxylation sites is 1. The number of carbonyl (C=O) groups excluding carboxylic acids is 4. The fourth-order valence-corrected chi connectivity index (χ4v) is 7.86. The Hall–Kier alpha value is -9.43. The van der Waals surface area contributed by atoms with E-state index in [2.05, 4.69) is 62.1 Å². The van der Waals surface area contributed by atoms with Gasteiger partial charge in [0.2, 0.25) is 17.8 Å². The molecule has 8 amide bonds. The topological polar surface area (TPSA) is 249 Å². The number of rotatable bonds is 10. The number of anilines is 10. The number of benzene rings is 3. The van der Waals surface area contributed by atoms with Crippen LogP contribution >= 0.6 is 0 Å². The highest BCUT2D eigenvalue weighted by Gasteiger charge is 2.37. The average Bonchev–Trinajstić information content (AvgIpc) is 4.06. The van der Waals surface area contributed by atoms with Crippen molar-refractivity contribution in [3.63, 3.8) is 0 Å². The molecule has 2 aliphatic rings. The van der Waals surface area contributed by atoms with Gasteiger partial charge in [0.1, 0.15) is 29.1 Å². The van der Waals surface area contributed by atoms with Crippen LogP contribution in [0.25, 0.3) is 5.69 Å². The number of halogens is 5. The van der Waals surface area contributed by atoms with Crippen molar-refractivity contribution in [3.05, 3.63) is 125 Å². The summed E-state index contributed by atoms with van der Waals surface area (Å²) in [7, 11) is 4.89. The fraction of sp³-hybridized carbons (Fsp3) is 0.265. The maximum atomic E-state index is 14.9. The van der Waals surface area contributed by atoms with Crippen molar-refractivity contribution in [3.8, 4) is 5.69 Å². The molecule has 0 saturated carbocycles. The predicted molar refractivity (Wildman–Crippen MR) is 274 cm³/mol. The van der Waals surface area contributed by atoms with Crippen LogP contribution in [0.2, 0.25) is 0 Å². The van der Waals surface area contributed by atoms with Gasteiger partial charge in [0, 0.05) is 74.4 Å². The van der Waals surface area contributed by atoms with Gasteiger partial charge >= 0.3 is 30.3 Å². The number of urea groups is 4. The lowest BCUT2D eigenvalue weighted by molar-refractivity contribution is -0.141. The maximum Gasteiger partial charge on any atom is 0.435 e. The number of carbonyl (C=O) groups is 4. The van der Waals surface area contributed by atoms with E-state index in [0.717, 1.165) is 16.3 Å². The van der Waals surface area contributed by atoms with Crippen molar-refractivity contribution in [1.29, 1.82) is 0 Å². The van der Waals surface area contributed by atoms with E-state index in [1.165, 1.54) is 63.0 Å². The lowest BCUT2D eigenvalue weighted by Crippen LogP contribution is -2.48. The summed E-state index contributed by atoms with van der Waals surface area (Å²) in [6, 6.07) is 14.2. The van der Waals surface area contributed by atoms with E-state index in [1.54, 1.807) is 57.7 Å². The highest BCUT2D eigenvalue weighted by atomic mass is 19.4. The van der Waals surface area contributed by atoms with Crippen LogP contribution in [-0.2, 0) is 24.7 Å². The van der Waals surface area contributed by atoms with Crippen LogP contribution in [0.3, 0.4) is 0 Å². The molecule has 396 valence electrons. The number of aryl methyl sites for hydroxylation is 1. The second kappa shape index (κ2) is 21.2. The van der Waals surface area contributed by atoms with Crippen molar-refractivity contribution >= 4 is 82.1 Å². The van der Waals surface area contributed by atoms with Gasteiger partial charge in [0.05, 0.1) is 41.5 Å². The number of hydrogen-bond donors (Lipinski definition) is 6. The van der Waals surface area contributed by atoms with Gasteiger partial charge in [0.15, 0.2) is 5.69 Å². The average molecular weight is 1050 g/mol. The number of nitrogens with zero attached hydrogens (tertiary/aromatic N) is 11. The quantitative estimate of drug-likeness (QED) is 0.0699. The van der Waals surface area contributed by atoms with Crippen LogP contribution in [0, 0.1) is 18.6 Å². The summed E-state index contributed by atoms with van der Waals surface area (Å²) in [6.07, 6.45) is -1.55. The molecule has 22 nitrogen and oxygen atoms in total. The van der Waals surface area contributed by atoms with E-state index >= 15 is 0 Å². The first-order valence-corrected chi connectivity index (χ1v) is 23.2. The zero-order chi connectivity index (χ0) is 54.8. The van der Waals surface area contributed by atoms with Gasteiger partial charge in [-0.3, -0.25) is 30.2 Å². The Morgan fingerprint density at radius 3 is 1.95 bits per heavy atom. The molecule has 0 unspecified atom stereocenters. The first kappa shape index (κ1) is 52.9. The summed E-state index contributed by atoms with van der Waals surface area (Å²) in [4.78, 5) is 74.6. The molecule has 6 N–H and O–H groups in total. The Morgan fingerprint density at radius 2 is 1.33 bits per heavy atom. The molecule has 3 aromatic carbocycles. The largest absolute Gasteiger partial charge is 0.435 e. The van der Waals surface area contributed by atoms with Crippen LogP contribution in [0.15, 0.2) is 89.7 Å². The Bertz CT molecular complexity index is 3350. The summed E-state index contributed by atoms with van der Waals surface area (Å²) < 4.78 is 75.7. The molecule has 0 spiro atoms. The van der Waals surface area contributed by atoms with E-state index in [1.807, 2.05) is 27.7 Å². The molecule has 0 radical (unpaired) electrons. The number of nitrogens with one attached hydrogen (secondary N) is 6. The molecule has 0 bridgehead atoms. The summed E-state index contributed by atoms with van der Waals surface area (Å²) in [5.41, 5.74) is 1.54. The van der Waals surface area contributed by atoms with Gasteiger partial charge in [-0.15, -0.1) is 0 Å². The molecule has 76 heavy (non-hydrogen) atoms. The molecular formula is C49H50F5N17O5. The molecule has 2 aliphatic heterocycles. The fourth-order valence-electron chi connectivity index (χ4n) is 7.86. The van der Waals surface area contributed by atoms with E-state index in [9.17, 15) is 41.1 Å². The third-order valence-electron chi connectivity index (χ3n) is 11.7. The molecular weight excluding hydrogens is 1000 g/mol. The lowest BCUT2D eigenvalue weighted by atomic mass is 9.92. The number of hydrogen-bond acceptors (Lipinski definition) is 13. The molecule has 0 fully saturated rings. The summed E-state index contributed by atoms with van der Waals surface area (Å²) >= 11 is 0. The zero-order valence-electron chi connectivity index (χ0n) is 42.1. The van der Waals surface area contributed by atoms with Crippen LogP contribution in [0.5, 0.6) is 0 Å². The van der Waals surface area contributed by atoms with Crippen molar-refractivity contribution in [2.24, 2.45) is 0 Å². The monoisotopic (exact) mass is 1050 g/mol. The van der Waals surface area contributed by atoms with Gasteiger partial charge in [-0.05, 0) is 61.9 Å². The molecule has 4 aromatic heterocycles. The summed E-state index contributed by atoms with van der Waals surface area (Å²) in [5.74, 6) is 0.0500. The van der Waals surface area contributed by atoms with E-state index in [0.29, 0.717) is 64.3 Å². The Morgan fingerprint density at radius 1 is 0.711 bits per heavy atom. The van der Waals surface area contributed by atoms with Gasteiger partial charge in [-0.25, -0.2) is 42.6 Å². The Labute approximate surface area is 430 Å². The standard InChI is InChI=1S/C26H23F4N9O2.C23H27FN8O3/c1-14-9-17(27)18(10-19(14)38-13-15-12-32-23(31-2)35-22(15)37(3)25(38)41)33-24(40)34-21-11-20(26(28,29)30)36-39(21)16-7-5-4-6-8-16;1-6-31-19-13(11-26-20(25-5)29-19)12-32(22(31)34)14-7-8-15(24)16(9-14)27-21(33)28-18-10-17(30-35-18)23(2,3)4/h4-12H,13H2,1-3H3,(H,31,32,35)(H2,33,34,40);7-11H,6,12H2,1-5H3,(H,25,26,29)(H2,27,28,33). The first-order chi connectivity index (χ1) is 36.1. The minimum Gasteiger partial charge on any atom is -0.357 e. The van der Waals surface area contributed by atoms with Gasteiger partial charge in [0.25, 0.3) is 0 Å². The van der Waals surface area contributed by atoms with Gasteiger partial charge in [-0.2, -0.15) is 28.2 Å². The minimum absolute atomic E-state index is 0.0804. The minimum atomic E-state index is -4.77. The van der Waals surface area contributed by atoms with Gasteiger partial charge < -0.3 is 25.8 Å². The Balaban J connectivity index is 0.000000204. The highest BCUT2D eigenvalue weighted by molar-refractivity contribution is 6.07. The molecule has 0 aliphatic carbocycles. The smallest absolute Gasteiger partial charge is 0.357 e. The second-order valence-corrected chi connectivity index (χ2v) is 18.1. The zero-order valence-corrected chi connectivity index (χ0v) is 42.1. The maximum absolute atomic E-state index is 14.9. The molecule has 27 heteroatoms. The number of amides is 8. The number of alkyl halides is 3. The van der Waals surface area contributed by atoms with Crippen molar-refractivity contribution in [2.75, 3.05) is 79.2 Å². The van der Waals surface area contributed by atoms with E-state index in [-0.39, 0.29) is 53.3 Å². The number of fused-ring (bicyclic) bond motifs is 2. The van der Waals surface area contributed by atoms with Crippen LogP contribution in [0.1, 0.15) is 55.8 Å². The molecule has 0 atom stereocenters. The number of aromatic nitrogens is 7. The van der Waals surface area contributed by atoms with Crippen LogP contribution < -0.4 is 51.5 Å². The Kier molecular flexibility index (Phi) is 14.7. The molecule has 9 rings (SSSR count). The van der Waals surface area contributed by atoms with Crippen molar-refractivity contribution in [2.45, 2.75) is 59.3 Å². The van der Waals surface area contributed by atoms with Crippen LogP contribution in [0.4, 0.5) is 99.1 Å². The first-order valence-electron chi connectivity index (χ1n) is 23.2. The highest BCUT2D eigenvalue weighted by Crippen LogP contribution is 2.37. The lowest BCUT2D eigenvalue weighted by Gasteiger charge is -2.35. The summed E-state index contributed by atoms with van der Waals surface area (Å²) in [6.45, 7) is 9.97. The normalized spacial score (nSPS) is 13.3. The third kappa shape index (κ3) is 11.2. The summed E-state index contributed by atoms with van der Waals surface area (Å²) in [5, 5.41) is 22.8. The molecule has 0 saturated heterocycles. The van der Waals surface area contributed by atoms with Crippen molar-refractivity contribution in [1.82, 2.24) is 34.9 Å². The molecule has 6 heterocycles. The van der Waals surface area contributed by atoms with Crippen molar-refractivity contribution < 1.29 is 45.7 Å². The van der Waals surface area contributed by atoms with Gasteiger partial charge in [-0.1, -0.05) is 44.1 Å². The van der Waals surface area contributed by atoms with Crippen LogP contribution in [-0.4, -0.2) is 86.7 Å². The molecule has 7 aromatic rings. The second-order valence-electron chi connectivity index (χ2n) is 18.1. The SMILES string of the molecule is CCN1C(=O)N(c2ccc(F)c(NC(=O)Nc3cc(C(C)(C)C)no3)c2)Cc2cnc(NC)nc21.CNc1ncc2c(n1)N(C)C(=O)N(c1cc(NC(=O)Nc3cc(C(F)(F)F)nn3-c3ccccc3)c(F)cc1C)C2. The predicted octanol–water partition coefficient (Wildman–Crippen LogP) is 9.94. The van der Waals surface area contributed by atoms with E-state index in [4.69, 9.17) is 4.52 Å². The third-order valence-corrected chi connectivity index (χ3v) is 11.7.